The molecule has 0 spiro atoms. The van der Waals surface area contributed by atoms with E-state index in [-0.39, 0.29) is 11.5 Å². The molecule has 0 saturated carbocycles. The highest BCUT2D eigenvalue weighted by molar-refractivity contribution is 8.26. The van der Waals surface area contributed by atoms with Gasteiger partial charge in [-0.25, -0.2) is 4.98 Å². The number of nitrogens with zero attached hydrogens (tertiary/aromatic N) is 3. The third kappa shape index (κ3) is 4.53. The molecule has 3 rings (SSSR count). The molecule has 154 valence electrons. The van der Waals surface area contributed by atoms with Crippen LogP contribution in [0.15, 0.2) is 28.0 Å². The summed E-state index contributed by atoms with van der Waals surface area (Å²) in [6, 6.07) is 3.74. The molecule has 1 N–H and O–H groups in total. The highest BCUT2D eigenvalue weighted by atomic mass is 32.2. The standard InChI is InChI=1S/C21H26N4O2S2/c1-12(2)10-22-17-15(19(26)24-8-6-7-14(5)18(24)23-17)9-16-20(27)25(11-13(3)4)21(28)29-16/h6-9,12-13,22H,10-11H2,1-5H3/b16-9+. The normalized spacial score (nSPS) is 16.1. The van der Waals surface area contributed by atoms with Crippen molar-refractivity contribution in [2.45, 2.75) is 34.6 Å². The number of thioether (sulfide) groups is 1. The van der Waals surface area contributed by atoms with Crippen LogP contribution in [0.5, 0.6) is 0 Å². The van der Waals surface area contributed by atoms with Crippen molar-refractivity contribution in [2.24, 2.45) is 11.8 Å². The molecule has 3 heterocycles. The van der Waals surface area contributed by atoms with Gasteiger partial charge in [-0.2, -0.15) is 0 Å². The van der Waals surface area contributed by atoms with Crippen LogP contribution in [0.2, 0.25) is 0 Å². The van der Waals surface area contributed by atoms with Crippen LogP contribution in [0.1, 0.15) is 38.8 Å². The van der Waals surface area contributed by atoms with Crippen molar-refractivity contribution in [3.63, 3.8) is 0 Å². The minimum absolute atomic E-state index is 0.155. The van der Waals surface area contributed by atoms with Crippen LogP contribution in [-0.2, 0) is 4.79 Å². The molecule has 1 amide bonds. The van der Waals surface area contributed by atoms with Gasteiger partial charge in [0.05, 0.1) is 10.5 Å². The third-order valence-corrected chi connectivity index (χ3v) is 5.84. The lowest BCUT2D eigenvalue weighted by atomic mass is 10.2. The van der Waals surface area contributed by atoms with Gasteiger partial charge in [-0.05, 0) is 36.5 Å². The van der Waals surface area contributed by atoms with Crippen molar-refractivity contribution < 1.29 is 4.79 Å². The van der Waals surface area contributed by atoms with Crippen LogP contribution in [0, 0.1) is 18.8 Å². The first-order valence-electron chi connectivity index (χ1n) is 9.70. The summed E-state index contributed by atoms with van der Waals surface area (Å²) in [6.45, 7) is 11.4. The number of carbonyl (C=O) groups is 1. The number of amides is 1. The molecule has 2 aromatic rings. The number of rotatable bonds is 6. The van der Waals surface area contributed by atoms with Gasteiger partial charge in [0, 0.05) is 19.3 Å². The van der Waals surface area contributed by atoms with Crippen molar-refractivity contribution in [2.75, 3.05) is 18.4 Å². The number of anilines is 1. The Kier molecular flexibility index (Phi) is 6.43. The molecule has 29 heavy (non-hydrogen) atoms. The summed E-state index contributed by atoms with van der Waals surface area (Å²) in [6.07, 6.45) is 3.33. The predicted molar refractivity (Wildman–Crippen MR) is 124 cm³/mol. The molecule has 0 radical (unpaired) electrons. The summed E-state index contributed by atoms with van der Waals surface area (Å²) in [5, 5.41) is 3.28. The Labute approximate surface area is 180 Å². The van der Waals surface area contributed by atoms with Gasteiger partial charge in [0.2, 0.25) is 0 Å². The van der Waals surface area contributed by atoms with Gasteiger partial charge in [0.1, 0.15) is 15.8 Å². The second kappa shape index (κ2) is 8.67. The van der Waals surface area contributed by atoms with Crippen LogP contribution < -0.4 is 10.9 Å². The van der Waals surface area contributed by atoms with Crippen molar-refractivity contribution in [1.82, 2.24) is 14.3 Å². The van der Waals surface area contributed by atoms with E-state index in [2.05, 4.69) is 19.2 Å². The first-order valence-corrected chi connectivity index (χ1v) is 10.9. The van der Waals surface area contributed by atoms with E-state index in [1.807, 2.05) is 32.9 Å². The molecule has 0 unspecified atom stereocenters. The van der Waals surface area contributed by atoms with E-state index < -0.39 is 0 Å². The number of thiocarbonyl (C=S) groups is 1. The predicted octanol–water partition coefficient (Wildman–Crippen LogP) is 3.93. The van der Waals surface area contributed by atoms with E-state index in [1.165, 1.54) is 16.2 Å². The molecule has 1 aliphatic heterocycles. The minimum atomic E-state index is -0.209. The fourth-order valence-electron chi connectivity index (χ4n) is 3.03. The zero-order valence-electron chi connectivity index (χ0n) is 17.4. The molecule has 6 nitrogen and oxygen atoms in total. The fraction of sp³-hybridized carbons (Fsp3) is 0.429. The topological polar surface area (TPSA) is 66.7 Å². The summed E-state index contributed by atoms with van der Waals surface area (Å²) < 4.78 is 2.05. The zero-order valence-corrected chi connectivity index (χ0v) is 19.0. The Morgan fingerprint density at radius 1 is 1.24 bits per heavy atom. The Morgan fingerprint density at radius 2 is 1.97 bits per heavy atom. The number of hydrogen-bond donors (Lipinski definition) is 1. The summed E-state index contributed by atoms with van der Waals surface area (Å²) in [4.78, 5) is 32.9. The van der Waals surface area contributed by atoms with E-state index in [9.17, 15) is 9.59 Å². The molecular formula is C21H26N4O2S2. The number of fused-ring (bicyclic) bond motifs is 1. The third-order valence-electron chi connectivity index (χ3n) is 4.46. The highest BCUT2D eigenvalue weighted by Gasteiger charge is 2.32. The Hall–Kier alpha value is -2.19. The molecular weight excluding hydrogens is 404 g/mol. The highest BCUT2D eigenvalue weighted by Crippen LogP contribution is 2.33. The van der Waals surface area contributed by atoms with Crippen molar-refractivity contribution in [3.8, 4) is 0 Å². The van der Waals surface area contributed by atoms with Crippen LogP contribution in [0.25, 0.3) is 11.7 Å². The summed E-state index contributed by atoms with van der Waals surface area (Å²) >= 11 is 6.62. The number of carbonyl (C=O) groups excluding carboxylic acids is 1. The van der Waals surface area contributed by atoms with Gasteiger partial charge in [0.15, 0.2) is 0 Å². The lowest BCUT2D eigenvalue weighted by molar-refractivity contribution is -0.122. The van der Waals surface area contributed by atoms with Gasteiger partial charge < -0.3 is 5.32 Å². The van der Waals surface area contributed by atoms with Gasteiger partial charge in [-0.15, -0.1) is 0 Å². The van der Waals surface area contributed by atoms with Crippen molar-refractivity contribution >= 4 is 51.7 Å². The van der Waals surface area contributed by atoms with E-state index in [0.29, 0.717) is 51.2 Å². The largest absolute Gasteiger partial charge is 0.369 e. The number of pyridine rings is 1. The molecule has 0 bridgehead atoms. The van der Waals surface area contributed by atoms with Crippen LogP contribution >= 0.6 is 24.0 Å². The maximum atomic E-state index is 13.3. The molecule has 0 atom stereocenters. The SMILES string of the molecule is Cc1cccn2c(=O)c(/C=C3/SC(=S)N(CC(C)C)C3=O)c(NCC(C)C)nc12. The second-order valence-corrected chi connectivity index (χ2v) is 9.70. The Balaban J connectivity index is 2.12. The summed E-state index contributed by atoms with van der Waals surface area (Å²) in [7, 11) is 0. The van der Waals surface area contributed by atoms with Crippen LogP contribution in [0.3, 0.4) is 0 Å². The molecule has 0 aliphatic carbocycles. The van der Waals surface area contributed by atoms with Gasteiger partial charge in [-0.1, -0.05) is 57.7 Å². The minimum Gasteiger partial charge on any atom is -0.369 e. The summed E-state index contributed by atoms with van der Waals surface area (Å²) in [5.41, 5.74) is 1.68. The van der Waals surface area contributed by atoms with Crippen molar-refractivity contribution in [1.29, 1.82) is 0 Å². The van der Waals surface area contributed by atoms with E-state index in [4.69, 9.17) is 17.2 Å². The number of nitrogens with one attached hydrogen (secondary N) is 1. The van der Waals surface area contributed by atoms with Crippen LogP contribution in [-0.4, -0.2) is 37.6 Å². The lowest BCUT2D eigenvalue weighted by Gasteiger charge is -2.16. The first-order chi connectivity index (χ1) is 13.7. The average Bonchev–Trinajstić information content (AvgIpc) is 2.90. The van der Waals surface area contributed by atoms with Crippen LogP contribution in [0.4, 0.5) is 5.82 Å². The molecule has 1 fully saturated rings. The van der Waals surface area contributed by atoms with Crippen molar-refractivity contribution in [3.05, 3.63) is 44.7 Å². The number of aryl methyl sites for hydroxylation is 1. The molecule has 1 saturated heterocycles. The van der Waals surface area contributed by atoms with Gasteiger partial charge >= 0.3 is 0 Å². The quantitative estimate of drug-likeness (QED) is 0.553. The maximum absolute atomic E-state index is 13.3. The maximum Gasteiger partial charge on any atom is 0.267 e. The second-order valence-electron chi connectivity index (χ2n) is 8.02. The van der Waals surface area contributed by atoms with E-state index >= 15 is 0 Å². The zero-order chi connectivity index (χ0) is 21.3. The molecule has 8 heteroatoms. The lowest BCUT2D eigenvalue weighted by Crippen LogP contribution is -2.31. The van der Waals surface area contributed by atoms with E-state index in [1.54, 1.807) is 17.2 Å². The average molecular weight is 431 g/mol. The summed E-state index contributed by atoms with van der Waals surface area (Å²) in [5.74, 6) is 1.02. The number of hydrogen-bond acceptors (Lipinski definition) is 6. The first kappa shape index (κ1) is 21.5. The number of aromatic nitrogens is 2. The van der Waals surface area contributed by atoms with Gasteiger partial charge in [-0.3, -0.25) is 18.9 Å². The molecule has 0 aromatic carbocycles. The monoisotopic (exact) mass is 430 g/mol. The Bertz CT molecular complexity index is 1060. The smallest absolute Gasteiger partial charge is 0.267 e. The Morgan fingerprint density at radius 3 is 2.62 bits per heavy atom. The van der Waals surface area contributed by atoms with E-state index in [0.717, 1.165) is 5.56 Å². The molecule has 1 aliphatic rings. The fourth-order valence-corrected chi connectivity index (χ4v) is 4.29. The molecule has 2 aromatic heterocycles. The van der Waals surface area contributed by atoms with Gasteiger partial charge in [0.25, 0.3) is 11.5 Å².